The van der Waals surface area contributed by atoms with Gasteiger partial charge in [0, 0.05) is 32.7 Å². The van der Waals surface area contributed by atoms with Crippen LogP contribution in [0.15, 0.2) is 5.57 Å². The van der Waals surface area contributed by atoms with Gasteiger partial charge in [-0.1, -0.05) is 6.92 Å². The molecular weight excluding hydrogens is 177 g/mol. The summed E-state index contributed by atoms with van der Waals surface area (Å²) in [6.07, 6.45) is 3.44. The number of carbonyl (C=O) groups is 1. The Bertz CT molecular complexity index is 76.6. The van der Waals surface area contributed by atoms with Crippen LogP contribution in [-0.2, 0) is 37.5 Å². The van der Waals surface area contributed by atoms with Gasteiger partial charge in [0.05, 0.1) is 0 Å². The molecular formula is C6H10OY-2. The Kier molecular flexibility index (Phi) is 20.7. The minimum Gasteiger partial charge on any atom is -0.410 e. The summed E-state index contributed by atoms with van der Waals surface area (Å²) in [7, 11) is 0. The van der Waals surface area contributed by atoms with E-state index in [9.17, 15) is 4.79 Å². The largest absolute Gasteiger partial charge is 0.410 e. The van der Waals surface area contributed by atoms with Gasteiger partial charge in [-0.25, -0.2) is 0 Å². The van der Waals surface area contributed by atoms with Crippen molar-refractivity contribution in [3.63, 3.8) is 0 Å². The zero-order valence-corrected chi connectivity index (χ0v) is 8.40. The van der Waals surface area contributed by atoms with Gasteiger partial charge in [0.2, 0.25) is 0 Å². The molecule has 0 spiro atoms. The van der Waals surface area contributed by atoms with Crippen molar-refractivity contribution in [1.29, 1.82) is 0 Å². The molecule has 0 heterocycles. The van der Waals surface area contributed by atoms with Crippen molar-refractivity contribution < 1.29 is 37.5 Å². The molecule has 0 aromatic rings. The fraction of sp³-hybridized carbons (Fsp3) is 0.333. The standard InChI is InChI=1S/C5H7O.CH3.Y/c1-3-5(2)4-6;;/h4H,1-2H3;1H3;/q2*-1;. The summed E-state index contributed by atoms with van der Waals surface area (Å²) in [5, 5.41) is 0. The third kappa shape index (κ3) is 9.72. The first-order valence-corrected chi connectivity index (χ1v) is 1.77. The van der Waals surface area contributed by atoms with Crippen molar-refractivity contribution in [1.82, 2.24) is 0 Å². The molecule has 0 unspecified atom stereocenters. The fourth-order valence-electron chi connectivity index (χ4n) is 0.0589. The number of hydrogen-bond acceptors (Lipinski definition) is 1. The molecule has 0 saturated heterocycles. The Balaban J connectivity index is -0.000000125. The van der Waals surface area contributed by atoms with Crippen LogP contribution >= 0.6 is 0 Å². The van der Waals surface area contributed by atoms with Crippen molar-refractivity contribution in [3.8, 4) is 0 Å². The Morgan fingerprint density at radius 1 is 1.62 bits per heavy atom. The van der Waals surface area contributed by atoms with Crippen molar-refractivity contribution in [2.75, 3.05) is 0 Å². The van der Waals surface area contributed by atoms with Crippen LogP contribution in [0.2, 0.25) is 0 Å². The average molecular weight is 187 g/mol. The van der Waals surface area contributed by atoms with Gasteiger partial charge in [-0.05, 0) is 6.29 Å². The third-order valence-electron chi connectivity index (χ3n) is 0.571. The number of hydrogen-bond donors (Lipinski definition) is 0. The quantitative estimate of drug-likeness (QED) is 0.344. The maximum atomic E-state index is 9.64. The van der Waals surface area contributed by atoms with Crippen molar-refractivity contribution in [2.24, 2.45) is 0 Å². The van der Waals surface area contributed by atoms with E-state index in [2.05, 4.69) is 6.08 Å². The Hall–Kier alpha value is 0.514. The molecule has 1 radical (unpaired) electrons. The molecule has 0 aromatic heterocycles. The minimum absolute atomic E-state index is 0. The van der Waals surface area contributed by atoms with Gasteiger partial charge in [-0.15, -0.1) is 6.92 Å². The molecule has 0 bridgehead atoms. The molecule has 0 fully saturated rings. The van der Waals surface area contributed by atoms with Crippen molar-refractivity contribution in [3.05, 3.63) is 19.1 Å². The van der Waals surface area contributed by atoms with E-state index in [1.54, 1.807) is 13.8 Å². The second-order valence-corrected chi connectivity index (χ2v) is 1.05. The number of allylic oxidation sites excluding steroid dienone is 2. The van der Waals surface area contributed by atoms with Gasteiger partial charge >= 0.3 is 0 Å². The molecule has 0 N–H and O–H groups in total. The Labute approximate surface area is 76.4 Å². The predicted octanol–water partition coefficient (Wildman–Crippen LogP) is 1.40. The monoisotopic (exact) mass is 187 g/mol. The van der Waals surface area contributed by atoms with E-state index in [0.717, 1.165) is 6.29 Å². The van der Waals surface area contributed by atoms with Gasteiger partial charge in [-0.2, -0.15) is 5.57 Å². The minimum atomic E-state index is 0. The Morgan fingerprint density at radius 2 is 2.00 bits per heavy atom. The van der Waals surface area contributed by atoms with E-state index in [1.807, 2.05) is 0 Å². The van der Waals surface area contributed by atoms with Crippen LogP contribution in [0.1, 0.15) is 13.8 Å². The second-order valence-electron chi connectivity index (χ2n) is 1.05. The van der Waals surface area contributed by atoms with Crippen molar-refractivity contribution in [2.45, 2.75) is 13.8 Å². The summed E-state index contributed by atoms with van der Waals surface area (Å²) < 4.78 is 0. The second kappa shape index (κ2) is 10.5. The van der Waals surface area contributed by atoms with E-state index in [4.69, 9.17) is 0 Å². The van der Waals surface area contributed by atoms with Crippen molar-refractivity contribution >= 4 is 6.29 Å². The molecule has 8 heavy (non-hydrogen) atoms. The number of carbonyl (C=O) groups excluding carboxylic acids is 1. The zero-order valence-electron chi connectivity index (χ0n) is 5.56. The van der Waals surface area contributed by atoms with Crippen LogP contribution in [0, 0.1) is 13.5 Å². The fourth-order valence-corrected chi connectivity index (χ4v) is 0.0589. The van der Waals surface area contributed by atoms with Gasteiger partial charge in [0.1, 0.15) is 0 Å². The van der Waals surface area contributed by atoms with E-state index >= 15 is 0 Å². The summed E-state index contributed by atoms with van der Waals surface area (Å²) in [6, 6.07) is 0. The normalized spacial score (nSPS) is 8.50. The molecule has 2 heteroatoms. The summed E-state index contributed by atoms with van der Waals surface area (Å²) in [6.45, 7) is 3.43. The third-order valence-corrected chi connectivity index (χ3v) is 0.571. The van der Waals surface area contributed by atoms with E-state index < -0.39 is 0 Å². The van der Waals surface area contributed by atoms with Crippen LogP contribution < -0.4 is 0 Å². The van der Waals surface area contributed by atoms with Crippen LogP contribution in [0.3, 0.4) is 0 Å². The van der Waals surface area contributed by atoms with Gasteiger partial charge in [-0.3, -0.25) is 6.08 Å². The molecule has 45 valence electrons. The zero-order chi connectivity index (χ0) is 4.99. The molecule has 0 atom stereocenters. The van der Waals surface area contributed by atoms with E-state index in [0.29, 0.717) is 5.57 Å². The van der Waals surface area contributed by atoms with E-state index in [1.165, 1.54) is 0 Å². The van der Waals surface area contributed by atoms with Crippen LogP contribution in [0.4, 0.5) is 0 Å². The van der Waals surface area contributed by atoms with Crippen LogP contribution in [0.5, 0.6) is 0 Å². The summed E-state index contributed by atoms with van der Waals surface area (Å²) >= 11 is 0. The predicted molar refractivity (Wildman–Crippen MR) is 30.6 cm³/mol. The van der Waals surface area contributed by atoms with Crippen LogP contribution in [0.25, 0.3) is 0 Å². The number of aldehydes is 1. The first-order valence-electron chi connectivity index (χ1n) is 1.77. The molecule has 1 nitrogen and oxygen atoms in total. The smallest absolute Gasteiger partial charge is 0 e. The molecule has 0 aromatic carbocycles. The molecule has 0 saturated carbocycles. The molecule has 0 amide bonds. The Morgan fingerprint density at radius 3 is 2.00 bits per heavy atom. The maximum absolute atomic E-state index is 9.64. The van der Waals surface area contributed by atoms with E-state index in [-0.39, 0.29) is 40.1 Å². The number of rotatable bonds is 1. The molecule has 0 aliphatic heterocycles. The SMILES string of the molecule is C[C-]=C(C)C=O.[CH3-].[Y]. The topological polar surface area (TPSA) is 17.1 Å². The first-order chi connectivity index (χ1) is 2.81. The van der Waals surface area contributed by atoms with Gasteiger partial charge in [0.15, 0.2) is 0 Å². The molecule has 0 aliphatic rings. The van der Waals surface area contributed by atoms with Crippen LogP contribution in [-0.4, -0.2) is 6.29 Å². The van der Waals surface area contributed by atoms with Gasteiger partial charge < -0.3 is 12.2 Å². The first kappa shape index (κ1) is 15.8. The average Bonchev–Trinajstić information content (AvgIpc) is 1.65. The summed E-state index contributed by atoms with van der Waals surface area (Å²) in [5.41, 5.74) is 0.662. The molecule has 0 rings (SSSR count). The summed E-state index contributed by atoms with van der Waals surface area (Å²) in [4.78, 5) is 9.64. The molecule has 0 aliphatic carbocycles. The maximum Gasteiger partial charge on any atom is 0 e. The summed E-state index contributed by atoms with van der Waals surface area (Å²) in [5.74, 6) is 0. The van der Waals surface area contributed by atoms with Gasteiger partial charge in [0.25, 0.3) is 0 Å².